The Labute approximate surface area is 173 Å². The molecule has 0 spiro atoms. The molecule has 7 nitrogen and oxygen atoms in total. The molecule has 0 saturated carbocycles. The molecule has 0 aliphatic carbocycles. The molecule has 3 rings (SSSR count). The molecule has 0 bridgehead atoms. The van der Waals surface area contributed by atoms with E-state index in [1.54, 1.807) is 31.2 Å². The second kappa shape index (κ2) is 9.34. The molecule has 0 radical (unpaired) electrons. The molecule has 3 aromatic rings. The molecule has 0 atom stereocenters. The number of hydrogen-bond donors (Lipinski definition) is 0. The zero-order chi connectivity index (χ0) is 21.5. The molecular weight excluding hydrogens is 382 g/mol. The van der Waals surface area contributed by atoms with Crippen molar-refractivity contribution in [2.24, 2.45) is 0 Å². The van der Waals surface area contributed by atoms with E-state index >= 15 is 0 Å². The van der Waals surface area contributed by atoms with E-state index in [9.17, 15) is 20.2 Å². The highest BCUT2D eigenvalue weighted by molar-refractivity contribution is 5.90. The fourth-order valence-corrected chi connectivity index (χ4v) is 3.10. The van der Waals surface area contributed by atoms with E-state index < -0.39 is 11.0 Å². The minimum atomic E-state index is -0.661. The maximum absolute atomic E-state index is 12.5. The highest BCUT2D eigenvalue weighted by Crippen LogP contribution is 2.30. The molecule has 0 N–H and O–H groups in total. The molecule has 0 fully saturated rings. The molecule has 0 heterocycles. The number of para-hydroxylation sites is 2. The van der Waals surface area contributed by atoms with Crippen LogP contribution in [0.25, 0.3) is 11.1 Å². The Morgan fingerprint density at radius 3 is 2.40 bits per heavy atom. The number of nitrogens with zero attached hydrogens (tertiary/aromatic N) is 3. The summed E-state index contributed by atoms with van der Waals surface area (Å²) in [6, 6.07) is 22.9. The van der Waals surface area contributed by atoms with Crippen molar-refractivity contribution in [1.29, 1.82) is 5.26 Å². The van der Waals surface area contributed by atoms with Gasteiger partial charge in [-0.2, -0.15) is 5.26 Å². The maximum Gasteiger partial charge on any atom is 0.414 e. The van der Waals surface area contributed by atoms with Crippen molar-refractivity contribution in [3.8, 4) is 17.2 Å². The van der Waals surface area contributed by atoms with Crippen LogP contribution in [0, 0.1) is 21.4 Å². The highest BCUT2D eigenvalue weighted by atomic mass is 16.6. The lowest BCUT2D eigenvalue weighted by Gasteiger charge is -2.22. The predicted octanol–water partition coefficient (Wildman–Crippen LogP) is 5.30. The number of nitro benzene ring substituents is 1. The first-order valence-corrected chi connectivity index (χ1v) is 9.31. The number of anilines is 1. The van der Waals surface area contributed by atoms with Gasteiger partial charge in [-0.05, 0) is 35.7 Å². The van der Waals surface area contributed by atoms with Gasteiger partial charge in [0.15, 0.2) is 0 Å². The van der Waals surface area contributed by atoms with Crippen LogP contribution in [0.2, 0.25) is 0 Å². The number of hydrogen-bond acceptors (Lipinski definition) is 5. The van der Waals surface area contributed by atoms with Crippen molar-refractivity contribution in [3.63, 3.8) is 0 Å². The normalized spacial score (nSPS) is 10.1. The van der Waals surface area contributed by atoms with Crippen molar-refractivity contribution >= 4 is 17.5 Å². The average molecular weight is 401 g/mol. The maximum atomic E-state index is 12.5. The Morgan fingerprint density at radius 2 is 1.73 bits per heavy atom. The number of ether oxygens (including phenoxy) is 1. The molecule has 0 aromatic heterocycles. The zero-order valence-electron chi connectivity index (χ0n) is 16.3. The fourth-order valence-electron chi connectivity index (χ4n) is 3.10. The van der Waals surface area contributed by atoms with Crippen LogP contribution in [0.15, 0.2) is 72.8 Å². The molecule has 3 aromatic carbocycles. The van der Waals surface area contributed by atoms with Crippen molar-refractivity contribution < 1.29 is 14.5 Å². The summed E-state index contributed by atoms with van der Waals surface area (Å²) < 4.78 is 5.12. The third kappa shape index (κ3) is 4.45. The van der Waals surface area contributed by atoms with E-state index in [0.717, 1.165) is 16.7 Å². The monoisotopic (exact) mass is 401 g/mol. The van der Waals surface area contributed by atoms with Gasteiger partial charge in [-0.25, -0.2) is 4.79 Å². The molecule has 0 aliphatic heterocycles. The van der Waals surface area contributed by atoms with Crippen LogP contribution in [-0.2, 0) is 11.3 Å². The summed E-state index contributed by atoms with van der Waals surface area (Å²) in [7, 11) is 0. The van der Waals surface area contributed by atoms with Gasteiger partial charge in [-0.3, -0.25) is 15.0 Å². The van der Waals surface area contributed by atoms with Crippen molar-refractivity contribution in [2.45, 2.75) is 13.5 Å². The first kappa shape index (κ1) is 20.6. The molecule has 150 valence electrons. The van der Waals surface area contributed by atoms with Gasteiger partial charge in [0, 0.05) is 6.07 Å². The summed E-state index contributed by atoms with van der Waals surface area (Å²) in [4.78, 5) is 24.7. The van der Waals surface area contributed by atoms with E-state index in [1.807, 2.05) is 36.4 Å². The van der Waals surface area contributed by atoms with Gasteiger partial charge < -0.3 is 4.74 Å². The van der Waals surface area contributed by atoms with Gasteiger partial charge in [0.2, 0.25) is 0 Å². The van der Waals surface area contributed by atoms with Crippen LogP contribution in [0.4, 0.5) is 16.2 Å². The molecule has 7 heteroatoms. The minimum Gasteiger partial charge on any atom is -0.449 e. The van der Waals surface area contributed by atoms with Gasteiger partial charge in [0.25, 0.3) is 5.69 Å². The zero-order valence-corrected chi connectivity index (χ0v) is 16.3. The van der Waals surface area contributed by atoms with Crippen molar-refractivity contribution in [2.75, 3.05) is 11.5 Å². The summed E-state index contributed by atoms with van der Waals surface area (Å²) in [5.74, 6) is 0. The summed E-state index contributed by atoms with van der Waals surface area (Å²) in [6.45, 7) is 1.93. The van der Waals surface area contributed by atoms with Gasteiger partial charge in [-0.1, -0.05) is 54.6 Å². The Kier molecular flexibility index (Phi) is 6.40. The molecule has 0 unspecified atom stereocenters. The summed E-state index contributed by atoms with van der Waals surface area (Å²) in [5.41, 5.74) is 3.00. The number of carbonyl (C=O) groups is 1. The largest absolute Gasteiger partial charge is 0.449 e. The molecular formula is C23H19N3O4. The Balaban J connectivity index is 1.93. The second-order valence-electron chi connectivity index (χ2n) is 6.39. The predicted molar refractivity (Wildman–Crippen MR) is 113 cm³/mol. The van der Waals surface area contributed by atoms with Crippen LogP contribution < -0.4 is 4.90 Å². The van der Waals surface area contributed by atoms with Crippen LogP contribution in [0.1, 0.15) is 18.1 Å². The quantitative estimate of drug-likeness (QED) is 0.413. The van der Waals surface area contributed by atoms with Crippen LogP contribution in [0.3, 0.4) is 0 Å². The lowest BCUT2D eigenvalue weighted by molar-refractivity contribution is -0.384. The van der Waals surface area contributed by atoms with Crippen LogP contribution >= 0.6 is 0 Å². The van der Waals surface area contributed by atoms with Crippen molar-refractivity contribution in [3.05, 3.63) is 94.0 Å². The first-order chi connectivity index (χ1) is 14.5. The highest BCUT2D eigenvalue weighted by Gasteiger charge is 2.25. The fraction of sp³-hybridized carbons (Fsp3) is 0.130. The molecule has 30 heavy (non-hydrogen) atoms. The average Bonchev–Trinajstić information content (AvgIpc) is 2.78. The summed E-state index contributed by atoms with van der Waals surface area (Å²) in [6.07, 6.45) is -0.661. The second-order valence-corrected chi connectivity index (χ2v) is 6.39. The van der Waals surface area contributed by atoms with Gasteiger partial charge >= 0.3 is 6.09 Å². The van der Waals surface area contributed by atoms with Gasteiger partial charge in [-0.15, -0.1) is 0 Å². The first-order valence-electron chi connectivity index (χ1n) is 9.31. The smallest absolute Gasteiger partial charge is 0.414 e. The standard InChI is InChI=1S/C23H19N3O4/c1-2-30-23(27)25(21-9-5-6-10-22(21)26(28)29)16-17-11-13-18(14-12-17)20-8-4-3-7-19(20)15-24/h3-14H,2,16H2,1H3. The number of nitriles is 1. The van der Waals surface area contributed by atoms with E-state index in [-0.39, 0.29) is 24.5 Å². The van der Waals surface area contributed by atoms with E-state index in [1.165, 1.54) is 17.0 Å². The Hall–Kier alpha value is -4.18. The summed E-state index contributed by atoms with van der Waals surface area (Å²) >= 11 is 0. The SMILES string of the molecule is CCOC(=O)N(Cc1ccc(-c2ccccc2C#N)cc1)c1ccccc1[N+](=O)[O-]. The topological polar surface area (TPSA) is 96.5 Å². The molecule has 0 saturated heterocycles. The molecule has 1 amide bonds. The van der Waals surface area contributed by atoms with E-state index in [0.29, 0.717) is 5.56 Å². The van der Waals surface area contributed by atoms with Crippen molar-refractivity contribution in [1.82, 2.24) is 0 Å². The third-order valence-electron chi connectivity index (χ3n) is 4.51. The van der Waals surface area contributed by atoms with Crippen LogP contribution in [0.5, 0.6) is 0 Å². The third-order valence-corrected chi connectivity index (χ3v) is 4.51. The molecule has 0 aliphatic rings. The van der Waals surface area contributed by atoms with E-state index in [2.05, 4.69) is 6.07 Å². The lowest BCUT2D eigenvalue weighted by atomic mass is 9.99. The number of nitro groups is 1. The van der Waals surface area contributed by atoms with E-state index in [4.69, 9.17) is 4.74 Å². The summed E-state index contributed by atoms with van der Waals surface area (Å²) in [5, 5.41) is 20.7. The number of carbonyl (C=O) groups excluding carboxylic acids is 1. The van der Waals surface area contributed by atoms with Gasteiger partial charge in [0.1, 0.15) is 5.69 Å². The Bertz CT molecular complexity index is 1100. The number of amides is 1. The van der Waals surface area contributed by atoms with Crippen LogP contribution in [-0.4, -0.2) is 17.6 Å². The lowest BCUT2D eigenvalue weighted by Crippen LogP contribution is -2.31. The number of benzene rings is 3. The Morgan fingerprint density at radius 1 is 1.07 bits per heavy atom. The van der Waals surface area contributed by atoms with Gasteiger partial charge in [0.05, 0.1) is 29.7 Å². The minimum absolute atomic E-state index is 0.101. The number of rotatable bonds is 6.